The molecule has 0 aliphatic rings. The van der Waals surface area contributed by atoms with Crippen molar-refractivity contribution >= 4 is 0 Å². The first kappa shape index (κ1) is 17.4. The molecule has 0 heterocycles. The quantitative estimate of drug-likeness (QED) is 0.438. The molecule has 1 unspecified atom stereocenters. The third-order valence-electron chi connectivity index (χ3n) is 2.75. The summed E-state index contributed by atoms with van der Waals surface area (Å²) in [5.41, 5.74) is 2.61. The molecule has 0 aromatic rings. The van der Waals surface area contributed by atoms with Gasteiger partial charge < -0.3 is 9.47 Å². The highest BCUT2D eigenvalue weighted by Crippen LogP contribution is 2.11. The summed E-state index contributed by atoms with van der Waals surface area (Å²) in [6.45, 7) is 11.4. The van der Waals surface area contributed by atoms with Crippen molar-refractivity contribution in [2.45, 2.75) is 60.2 Å². The van der Waals surface area contributed by atoms with E-state index in [0.717, 1.165) is 5.92 Å². The van der Waals surface area contributed by atoms with Crippen LogP contribution in [-0.2, 0) is 9.47 Å². The van der Waals surface area contributed by atoms with Crippen molar-refractivity contribution in [2.24, 2.45) is 5.92 Å². The van der Waals surface area contributed by atoms with Gasteiger partial charge in [0, 0.05) is 7.11 Å². The maximum Gasteiger partial charge on any atom is 0.177 e. The van der Waals surface area contributed by atoms with Crippen molar-refractivity contribution in [3.63, 3.8) is 0 Å². The number of hydrogen-bond acceptors (Lipinski definition) is 2. The van der Waals surface area contributed by atoms with Crippen LogP contribution in [0.25, 0.3) is 0 Å². The minimum absolute atomic E-state index is 0.227. The second-order valence-electron chi connectivity index (χ2n) is 5.52. The first-order chi connectivity index (χ1) is 8.45. The van der Waals surface area contributed by atoms with Gasteiger partial charge in [-0.25, -0.2) is 0 Å². The third-order valence-corrected chi connectivity index (χ3v) is 2.75. The first-order valence-electron chi connectivity index (χ1n) is 6.90. The minimum atomic E-state index is -0.227. The summed E-state index contributed by atoms with van der Waals surface area (Å²) < 4.78 is 10.9. The molecule has 0 saturated heterocycles. The Balaban J connectivity index is 3.88. The van der Waals surface area contributed by atoms with Crippen LogP contribution in [0.15, 0.2) is 23.3 Å². The average Bonchev–Trinajstić information content (AvgIpc) is 2.26. The molecule has 0 fully saturated rings. The summed E-state index contributed by atoms with van der Waals surface area (Å²) in [5, 5.41) is 0. The van der Waals surface area contributed by atoms with Gasteiger partial charge in [-0.2, -0.15) is 0 Å². The SMILES string of the molecule is COC(C=C(C)C)OC/C=C(\C)CCCC(C)C. The molecule has 0 rings (SSSR count). The molecule has 1 atom stereocenters. The van der Waals surface area contributed by atoms with Crippen molar-refractivity contribution in [2.75, 3.05) is 13.7 Å². The molecule has 0 N–H and O–H groups in total. The van der Waals surface area contributed by atoms with Crippen LogP contribution in [0.1, 0.15) is 53.9 Å². The average molecular weight is 254 g/mol. The van der Waals surface area contributed by atoms with Gasteiger partial charge in [0.15, 0.2) is 6.29 Å². The van der Waals surface area contributed by atoms with Crippen LogP contribution >= 0.6 is 0 Å². The maximum atomic E-state index is 5.63. The Morgan fingerprint density at radius 3 is 2.33 bits per heavy atom. The summed E-state index contributed by atoms with van der Waals surface area (Å²) in [6.07, 6.45) is 7.65. The van der Waals surface area contributed by atoms with Crippen LogP contribution in [0, 0.1) is 5.92 Å². The number of methoxy groups -OCH3 is 1. The fourth-order valence-electron chi connectivity index (χ4n) is 1.63. The lowest BCUT2D eigenvalue weighted by Crippen LogP contribution is -2.12. The Morgan fingerprint density at radius 1 is 1.17 bits per heavy atom. The van der Waals surface area contributed by atoms with E-state index in [-0.39, 0.29) is 6.29 Å². The predicted molar refractivity (Wildman–Crippen MR) is 78.6 cm³/mol. The molecular weight excluding hydrogens is 224 g/mol. The van der Waals surface area contributed by atoms with Gasteiger partial charge in [0.2, 0.25) is 0 Å². The normalized spacial score (nSPS) is 13.8. The highest BCUT2D eigenvalue weighted by atomic mass is 16.7. The van der Waals surface area contributed by atoms with Gasteiger partial charge in [-0.3, -0.25) is 0 Å². The zero-order valence-corrected chi connectivity index (χ0v) is 13.0. The summed E-state index contributed by atoms with van der Waals surface area (Å²) >= 11 is 0. The summed E-state index contributed by atoms with van der Waals surface area (Å²) in [5.74, 6) is 0.796. The van der Waals surface area contributed by atoms with Crippen LogP contribution in [0.4, 0.5) is 0 Å². The van der Waals surface area contributed by atoms with Crippen LogP contribution in [-0.4, -0.2) is 20.0 Å². The van der Waals surface area contributed by atoms with Crippen molar-refractivity contribution in [3.05, 3.63) is 23.3 Å². The van der Waals surface area contributed by atoms with E-state index < -0.39 is 0 Å². The molecule has 106 valence electrons. The Bertz CT molecular complexity index is 260. The van der Waals surface area contributed by atoms with Crippen LogP contribution in [0.3, 0.4) is 0 Å². The number of ether oxygens (including phenoxy) is 2. The molecule has 0 saturated carbocycles. The van der Waals surface area contributed by atoms with E-state index in [1.165, 1.54) is 30.4 Å². The molecule has 0 aromatic carbocycles. The van der Waals surface area contributed by atoms with E-state index in [9.17, 15) is 0 Å². The Labute approximate surface area is 113 Å². The van der Waals surface area contributed by atoms with Gasteiger partial charge in [0.1, 0.15) is 0 Å². The zero-order chi connectivity index (χ0) is 14.0. The van der Waals surface area contributed by atoms with Crippen molar-refractivity contribution in [1.29, 1.82) is 0 Å². The van der Waals surface area contributed by atoms with Gasteiger partial charge in [-0.15, -0.1) is 0 Å². The van der Waals surface area contributed by atoms with Gasteiger partial charge in [0.05, 0.1) is 6.61 Å². The second-order valence-corrected chi connectivity index (χ2v) is 5.52. The molecule has 2 heteroatoms. The maximum absolute atomic E-state index is 5.63. The number of allylic oxidation sites excluding steroid dienone is 2. The molecule has 0 bridgehead atoms. The van der Waals surface area contributed by atoms with Gasteiger partial charge >= 0.3 is 0 Å². The fraction of sp³-hybridized carbons (Fsp3) is 0.750. The lowest BCUT2D eigenvalue weighted by atomic mass is 10.0. The lowest BCUT2D eigenvalue weighted by Gasteiger charge is -2.12. The van der Waals surface area contributed by atoms with Gasteiger partial charge in [0.25, 0.3) is 0 Å². The molecular formula is C16H30O2. The van der Waals surface area contributed by atoms with E-state index in [1.807, 2.05) is 19.9 Å². The van der Waals surface area contributed by atoms with E-state index in [4.69, 9.17) is 9.47 Å². The monoisotopic (exact) mass is 254 g/mol. The van der Waals surface area contributed by atoms with Gasteiger partial charge in [-0.1, -0.05) is 37.5 Å². The highest BCUT2D eigenvalue weighted by molar-refractivity contribution is 4.99. The summed E-state index contributed by atoms with van der Waals surface area (Å²) in [6, 6.07) is 0. The smallest absolute Gasteiger partial charge is 0.177 e. The topological polar surface area (TPSA) is 18.5 Å². The molecule has 0 aromatic heterocycles. The largest absolute Gasteiger partial charge is 0.352 e. The molecule has 0 amide bonds. The molecule has 0 spiro atoms. The van der Waals surface area contributed by atoms with E-state index in [2.05, 4.69) is 26.8 Å². The zero-order valence-electron chi connectivity index (χ0n) is 13.0. The fourth-order valence-corrected chi connectivity index (χ4v) is 1.63. The molecule has 0 aliphatic carbocycles. The molecule has 2 nitrogen and oxygen atoms in total. The van der Waals surface area contributed by atoms with E-state index in [1.54, 1.807) is 7.11 Å². The predicted octanol–water partition coefficient (Wildman–Crippen LogP) is 4.71. The van der Waals surface area contributed by atoms with Crippen molar-refractivity contribution in [1.82, 2.24) is 0 Å². The van der Waals surface area contributed by atoms with Crippen LogP contribution in [0.2, 0.25) is 0 Å². The molecule has 18 heavy (non-hydrogen) atoms. The third kappa shape index (κ3) is 10.5. The van der Waals surface area contributed by atoms with E-state index >= 15 is 0 Å². The van der Waals surface area contributed by atoms with Crippen molar-refractivity contribution < 1.29 is 9.47 Å². The van der Waals surface area contributed by atoms with Crippen LogP contribution < -0.4 is 0 Å². The summed E-state index contributed by atoms with van der Waals surface area (Å²) in [4.78, 5) is 0. The minimum Gasteiger partial charge on any atom is -0.352 e. The number of hydrogen-bond donors (Lipinski definition) is 0. The number of rotatable bonds is 9. The Kier molecular flexibility index (Phi) is 9.99. The van der Waals surface area contributed by atoms with Crippen molar-refractivity contribution in [3.8, 4) is 0 Å². The van der Waals surface area contributed by atoms with Gasteiger partial charge in [-0.05, 0) is 45.6 Å². The Hall–Kier alpha value is -0.600. The molecule has 0 aliphatic heterocycles. The molecule has 0 radical (unpaired) electrons. The standard InChI is InChI=1S/C16H30O2/c1-13(2)8-7-9-15(5)10-11-18-16(17-6)12-14(3)4/h10,12-13,16H,7-9,11H2,1-6H3/b15-10+. The lowest BCUT2D eigenvalue weighted by molar-refractivity contribution is -0.0811. The second kappa shape index (κ2) is 10.3. The summed E-state index contributed by atoms with van der Waals surface area (Å²) in [7, 11) is 1.67. The first-order valence-corrected chi connectivity index (χ1v) is 6.90. The highest BCUT2D eigenvalue weighted by Gasteiger charge is 2.01. The van der Waals surface area contributed by atoms with Crippen LogP contribution in [0.5, 0.6) is 0 Å². The van der Waals surface area contributed by atoms with E-state index in [0.29, 0.717) is 6.61 Å². The Morgan fingerprint density at radius 2 is 1.83 bits per heavy atom.